The number of benzene rings is 3. The van der Waals surface area contributed by atoms with E-state index in [-0.39, 0.29) is 27.2 Å². The van der Waals surface area contributed by atoms with Gasteiger partial charge in [0, 0.05) is 29.2 Å². The van der Waals surface area contributed by atoms with E-state index in [1.54, 1.807) is 36.4 Å². The quantitative estimate of drug-likeness (QED) is 0.342. The molecule has 0 bridgehead atoms. The zero-order chi connectivity index (χ0) is 27.3. The predicted octanol–water partition coefficient (Wildman–Crippen LogP) is 5.66. The van der Waals surface area contributed by atoms with Crippen molar-refractivity contribution in [2.75, 3.05) is 17.9 Å². The predicted molar refractivity (Wildman–Crippen MR) is 148 cm³/mol. The number of sulfonamides is 1. The standard InChI is InChI=1S/C25H23Cl4N3O4S/c1-16(25(34)30-2)31(14-19-20(26)9-6-10-21(19)27)24(33)15-32(17-11-12-22(28)23(29)13-17)37(35,36)18-7-4-3-5-8-18/h3-13,16H,14-15H2,1-2H3,(H,30,34). The first-order valence-corrected chi connectivity index (χ1v) is 13.9. The minimum absolute atomic E-state index is 0.0334. The van der Waals surface area contributed by atoms with E-state index in [1.165, 1.54) is 49.2 Å². The van der Waals surface area contributed by atoms with Crippen LogP contribution in [0, 0.1) is 0 Å². The third kappa shape index (κ3) is 6.69. The van der Waals surface area contributed by atoms with Gasteiger partial charge in [-0.2, -0.15) is 0 Å². The van der Waals surface area contributed by atoms with Gasteiger partial charge >= 0.3 is 0 Å². The summed E-state index contributed by atoms with van der Waals surface area (Å²) in [7, 11) is -2.79. The van der Waals surface area contributed by atoms with Crippen LogP contribution >= 0.6 is 46.4 Å². The van der Waals surface area contributed by atoms with Gasteiger partial charge in [0.05, 0.1) is 20.6 Å². The van der Waals surface area contributed by atoms with Crippen LogP contribution in [0.3, 0.4) is 0 Å². The molecule has 0 aromatic heterocycles. The Morgan fingerprint density at radius 2 is 1.49 bits per heavy atom. The Hall–Kier alpha value is -2.49. The van der Waals surface area contributed by atoms with Crippen LogP contribution in [0.25, 0.3) is 0 Å². The van der Waals surface area contributed by atoms with Crippen molar-refractivity contribution in [1.82, 2.24) is 10.2 Å². The summed E-state index contributed by atoms with van der Waals surface area (Å²) >= 11 is 24.9. The molecule has 12 heteroatoms. The van der Waals surface area contributed by atoms with Crippen molar-refractivity contribution in [3.05, 3.63) is 92.4 Å². The second kappa shape index (κ2) is 12.4. The van der Waals surface area contributed by atoms with Gasteiger partial charge < -0.3 is 10.2 Å². The number of carbonyl (C=O) groups is 2. The van der Waals surface area contributed by atoms with Gasteiger partial charge in [-0.3, -0.25) is 13.9 Å². The number of amides is 2. The van der Waals surface area contributed by atoms with Gasteiger partial charge in [-0.15, -0.1) is 0 Å². The molecule has 0 saturated carbocycles. The Bertz CT molecular complexity index is 1380. The average Bonchev–Trinajstić information content (AvgIpc) is 2.88. The number of anilines is 1. The molecule has 7 nitrogen and oxygen atoms in total. The van der Waals surface area contributed by atoms with E-state index in [2.05, 4.69) is 5.32 Å². The van der Waals surface area contributed by atoms with Crippen molar-refractivity contribution in [2.24, 2.45) is 0 Å². The summed E-state index contributed by atoms with van der Waals surface area (Å²) in [5, 5.41) is 3.43. The van der Waals surface area contributed by atoms with Gasteiger partial charge in [0.25, 0.3) is 10.0 Å². The van der Waals surface area contributed by atoms with Crippen molar-refractivity contribution in [3.63, 3.8) is 0 Å². The van der Waals surface area contributed by atoms with Gasteiger partial charge in [0.15, 0.2) is 0 Å². The fourth-order valence-electron chi connectivity index (χ4n) is 3.53. The topological polar surface area (TPSA) is 86.8 Å². The number of nitrogens with one attached hydrogen (secondary N) is 1. The lowest BCUT2D eigenvalue weighted by Gasteiger charge is -2.32. The smallest absolute Gasteiger partial charge is 0.264 e. The molecule has 0 saturated heterocycles. The highest BCUT2D eigenvalue weighted by molar-refractivity contribution is 7.92. The number of carbonyl (C=O) groups excluding carboxylic acids is 2. The molecule has 37 heavy (non-hydrogen) atoms. The zero-order valence-corrected chi connectivity index (χ0v) is 23.6. The number of rotatable bonds is 9. The first kappa shape index (κ1) is 29.1. The summed E-state index contributed by atoms with van der Waals surface area (Å²) in [6, 6.07) is 15.8. The fraction of sp³-hybridized carbons (Fsp3) is 0.200. The molecular weight excluding hydrogens is 580 g/mol. The average molecular weight is 603 g/mol. The summed E-state index contributed by atoms with van der Waals surface area (Å²) in [4.78, 5) is 27.5. The molecule has 0 heterocycles. The third-order valence-corrected chi connectivity index (χ3v) is 8.84. The maximum absolute atomic E-state index is 13.7. The van der Waals surface area contributed by atoms with Crippen LogP contribution in [-0.4, -0.2) is 44.8 Å². The van der Waals surface area contributed by atoms with Crippen LogP contribution in [0.1, 0.15) is 12.5 Å². The Morgan fingerprint density at radius 1 is 0.865 bits per heavy atom. The first-order valence-electron chi connectivity index (χ1n) is 10.9. The van der Waals surface area contributed by atoms with Gasteiger partial charge in [0.1, 0.15) is 12.6 Å². The molecule has 0 radical (unpaired) electrons. The second-order valence-electron chi connectivity index (χ2n) is 7.94. The largest absolute Gasteiger partial charge is 0.357 e. The number of hydrogen-bond donors (Lipinski definition) is 1. The molecule has 0 aliphatic rings. The maximum atomic E-state index is 13.7. The molecule has 1 unspecified atom stereocenters. The minimum atomic E-state index is -4.22. The fourth-order valence-corrected chi connectivity index (χ4v) is 5.77. The summed E-state index contributed by atoms with van der Waals surface area (Å²) < 4.78 is 28.3. The highest BCUT2D eigenvalue weighted by atomic mass is 35.5. The minimum Gasteiger partial charge on any atom is -0.357 e. The molecule has 3 aromatic carbocycles. The lowest BCUT2D eigenvalue weighted by Crippen LogP contribution is -2.50. The van der Waals surface area contributed by atoms with Gasteiger partial charge in [-0.05, 0) is 49.4 Å². The molecule has 2 amide bonds. The van der Waals surface area contributed by atoms with Crippen LogP contribution in [0.5, 0.6) is 0 Å². The number of halogens is 4. The van der Waals surface area contributed by atoms with E-state index in [9.17, 15) is 18.0 Å². The first-order chi connectivity index (χ1) is 17.5. The third-order valence-electron chi connectivity index (χ3n) is 5.61. The van der Waals surface area contributed by atoms with Crippen LogP contribution in [-0.2, 0) is 26.2 Å². The van der Waals surface area contributed by atoms with Crippen molar-refractivity contribution < 1.29 is 18.0 Å². The Balaban J connectivity index is 2.08. The molecule has 0 fully saturated rings. The van der Waals surface area contributed by atoms with E-state index in [0.717, 1.165) is 4.31 Å². The monoisotopic (exact) mass is 601 g/mol. The molecule has 196 valence electrons. The molecular formula is C25H23Cl4N3O4S. The van der Waals surface area contributed by atoms with E-state index in [1.807, 2.05) is 0 Å². The van der Waals surface area contributed by atoms with Crippen LogP contribution < -0.4 is 9.62 Å². The normalized spacial score (nSPS) is 12.1. The zero-order valence-electron chi connectivity index (χ0n) is 19.8. The number of nitrogens with zero attached hydrogens (tertiary/aromatic N) is 2. The Labute approximate surface area is 235 Å². The molecule has 0 aliphatic heterocycles. The molecule has 3 rings (SSSR count). The van der Waals surface area contributed by atoms with Gasteiger partial charge in [0.2, 0.25) is 11.8 Å². The number of likely N-dealkylation sites (N-methyl/N-ethyl adjacent to an activating group) is 1. The Kier molecular flexibility index (Phi) is 9.72. The summed E-state index contributed by atoms with van der Waals surface area (Å²) in [6.07, 6.45) is 0. The van der Waals surface area contributed by atoms with Crippen LogP contribution in [0.15, 0.2) is 71.6 Å². The van der Waals surface area contributed by atoms with Crippen LogP contribution in [0.4, 0.5) is 5.69 Å². The number of hydrogen-bond acceptors (Lipinski definition) is 4. The summed E-state index contributed by atoms with van der Waals surface area (Å²) in [5.74, 6) is -1.12. The summed E-state index contributed by atoms with van der Waals surface area (Å²) in [5.41, 5.74) is 0.539. The van der Waals surface area contributed by atoms with Gasteiger partial charge in [-0.25, -0.2) is 8.42 Å². The molecule has 3 aromatic rings. The maximum Gasteiger partial charge on any atom is 0.264 e. The molecule has 0 spiro atoms. The van der Waals surface area contributed by atoms with Crippen molar-refractivity contribution >= 4 is 73.9 Å². The van der Waals surface area contributed by atoms with Crippen molar-refractivity contribution in [1.29, 1.82) is 0 Å². The van der Waals surface area contributed by atoms with E-state index in [0.29, 0.717) is 15.6 Å². The van der Waals surface area contributed by atoms with Crippen LogP contribution in [0.2, 0.25) is 20.1 Å². The lowest BCUT2D eigenvalue weighted by molar-refractivity contribution is -0.139. The van der Waals surface area contributed by atoms with Crippen molar-refractivity contribution in [3.8, 4) is 0 Å². The molecule has 1 atom stereocenters. The highest BCUT2D eigenvalue weighted by Crippen LogP contribution is 2.31. The van der Waals surface area contributed by atoms with Gasteiger partial charge in [-0.1, -0.05) is 70.7 Å². The molecule has 1 N–H and O–H groups in total. The summed E-state index contributed by atoms with van der Waals surface area (Å²) in [6.45, 7) is 0.752. The second-order valence-corrected chi connectivity index (χ2v) is 11.4. The van der Waals surface area contributed by atoms with E-state index in [4.69, 9.17) is 46.4 Å². The van der Waals surface area contributed by atoms with E-state index >= 15 is 0 Å². The van der Waals surface area contributed by atoms with E-state index < -0.39 is 34.4 Å². The Morgan fingerprint density at radius 3 is 2.05 bits per heavy atom. The lowest BCUT2D eigenvalue weighted by atomic mass is 10.1. The molecule has 0 aliphatic carbocycles. The van der Waals surface area contributed by atoms with Crippen molar-refractivity contribution in [2.45, 2.75) is 24.4 Å². The highest BCUT2D eigenvalue weighted by Gasteiger charge is 2.33. The SMILES string of the molecule is CNC(=O)C(C)N(Cc1c(Cl)cccc1Cl)C(=O)CN(c1ccc(Cl)c(Cl)c1)S(=O)(=O)c1ccccc1.